The molecule has 0 unspecified atom stereocenters. The third kappa shape index (κ3) is 8.89. The van der Waals surface area contributed by atoms with Crippen molar-refractivity contribution in [1.82, 2.24) is 5.32 Å². The van der Waals surface area contributed by atoms with E-state index in [9.17, 15) is 14.4 Å². The van der Waals surface area contributed by atoms with E-state index in [0.717, 1.165) is 4.90 Å². The molecule has 9 nitrogen and oxygen atoms in total. The summed E-state index contributed by atoms with van der Waals surface area (Å²) in [6.45, 7) is 2.32. The molecule has 0 aliphatic carbocycles. The molecular formula is C34H33N3O6S. The van der Waals surface area contributed by atoms with E-state index in [1.165, 1.54) is 18.9 Å². The van der Waals surface area contributed by atoms with Crippen LogP contribution in [0.3, 0.4) is 0 Å². The van der Waals surface area contributed by atoms with E-state index in [1.54, 1.807) is 92.0 Å². The fourth-order valence-electron chi connectivity index (χ4n) is 4.06. The number of hydrogen-bond acceptors (Lipinski definition) is 7. The van der Waals surface area contributed by atoms with Crippen LogP contribution in [-0.2, 0) is 9.59 Å². The SMILES string of the molecule is CCOc1ccccc1/C=C(\NC(=O)c1ccccc1)C(=O)Nc1ccc(SCC(=O)Nc2cc(OC)ccc2OC)cc1. The number of para-hydroxylation sites is 1. The van der Waals surface area contributed by atoms with Crippen molar-refractivity contribution < 1.29 is 28.6 Å². The van der Waals surface area contributed by atoms with Gasteiger partial charge >= 0.3 is 0 Å². The number of amides is 3. The Hall–Kier alpha value is -5.22. The molecule has 3 N–H and O–H groups in total. The summed E-state index contributed by atoms with van der Waals surface area (Å²) in [6.07, 6.45) is 1.58. The van der Waals surface area contributed by atoms with Crippen molar-refractivity contribution in [2.45, 2.75) is 11.8 Å². The normalized spacial score (nSPS) is 10.8. The molecule has 0 aliphatic heterocycles. The number of methoxy groups -OCH3 is 2. The monoisotopic (exact) mass is 611 g/mol. The summed E-state index contributed by atoms with van der Waals surface area (Å²) in [6, 6.07) is 28.1. The van der Waals surface area contributed by atoms with Crippen LogP contribution in [0.2, 0.25) is 0 Å². The number of carbonyl (C=O) groups is 3. The zero-order valence-corrected chi connectivity index (χ0v) is 25.4. The van der Waals surface area contributed by atoms with Gasteiger partial charge in [0.05, 0.1) is 32.3 Å². The zero-order valence-electron chi connectivity index (χ0n) is 24.6. The number of nitrogens with one attached hydrogen (secondary N) is 3. The first kappa shape index (κ1) is 31.7. The maximum absolute atomic E-state index is 13.4. The first-order valence-corrected chi connectivity index (χ1v) is 14.7. The predicted molar refractivity (Wildman–Crippen MR) is 173 cm³/mol. The van der Waals surface area contributed by atoms with E-state index in [-0.39, 0.29) is 17.4 Å². The highest BCUT2D eigenvalue weighted by atomic mass is 32.2. The number of ether oxygens (including phenoxy) is 3. The first-order valence-electron chi connectivity index (χ1n) is 13.8. The van der Waals surface area contributed by atoms with Crippen molar-refractivity contribution in [2.75, 3.05) is 37.2 Å². The lowest BCUT2D eigenvalue weighted by Crippen LogP contribution is -2.30. The Labute approximate surface area is 260 Å². The molecule has 0 aromatic heterocycles. The largest absolute Gasteiger partial charge is 0.497 e. The molecule has 44 heavy (non-hydrogen) atoms. The fraction of sp³-hybridized carbons (Fsp3) is 0.147. The van der Waals surface area contributed by atoms with Gasteiger partial charge in [0, 0.05) is 27.8 Å². The van der Waals surface area contributed by atoms with E-state index < -0.39 is 11.8 Å². The molecule has 0 heterocycles. The summed E-state index contributed by atoms with van der Waals surface area (Å²) in [5, 5.41) is 8.43. The highest BCUT2D eigenvalue weighted by molar-refractivity contribution is 8.00. The van der Waals surface area contributed by atoms with Crippen LogP contribution in [0.5, 0.6) is 17.2 Å². The van der Waals surface area contributed by atoms with Crippen molar-refractivity contribution in [3.63, 3.8) is 0 Å². The molecule has 0 atom stereocenters. The Morgan fingerprint density at radius 3 is 2.23 bits per heavy atom. The summed E-state index contributed by atoms with van der Waals surface area (Å²) in [5.74, 6) is 0.732. The van der Waals surface area contributed by atoms with E-state index in [1.807, 2.05) is 25.1 Å². The van der Waals surface area contributed by atoms with E-state index in [4.69, 9.17) is 14.2 Å². The number of rotatable bonds is 13. The molecule has 0 radical (unpaired) electrons. The average Bonchev–Trinajstić information content (AvgIpc) is 3.05. The standard InChI is InChI=1S/C34H33N3O6S/c1-4-43-30-13-9-8-12-24(30)20-29(37-33(39)23-10-6-5-7-11-23)34(40)35-25-14-17-27(18-15-25)44-22-32(38)36-28-21-26(41-2)16-19-31(28)42-3/h5-21H,4,22H2,1-3H3,(H,35,40)(H,36,38)(H,37,39)/b29-20-. The molecule has 4 aromatic carbocycles. The number of anilines is 2. The van der Waals surface area contributed by atoms with Crippen LogP contribution in [0, 0.1) is 0 Å². The maximum Gasteiger partial charge on any atom is 0.272 e. The quantitative estimate of drug-likeness (QED) is 0.121. The van der Waals surface area contributed by atoms with Gasteiger partial charge in [0.25, 0.3) is 11.8 Å². The first-order chi connectivity index (χ1) is 21.4. The Morgan fingerprint density at radius 1 is 0.795 bits per heavy atom. The Balaban J connectivity index is 1.43. The van der Waals surface area contributed by atoms with Crippen molar-refractivity contribution in [1.29, 1.82) is 0 Å². The van der Waals surface area contributed by atoms with Crippen molar-refractivity contribution in [3.8, 4) is 17.2 Å². The molecule has 0 fully saturated rings. The molecule has 4 aromatic rings. The van der Waals surface area contributed by atoms with E-state index >= 15 is 0 Å². The van der Waals surface area contributed by atoms with Gasteiger partial charge in [0.15, 0.2) is 0 Å². The summed E-state index contributed by atoms with van der Waals surface area (Å²) in [5.41, 5.74) is 2.14. The van der Waals surface area contributed by atoms with Crippen LogP contribution in [0.1, 0.15) is 22.8 Å². The van der Waals surface area contributed by atoms with Gasteiger partial charge in [-0.2, -0.15) is 0 Å². The number of hydrogen-bond donors (Lipinski definition) is 3. The highest BCUT2D eigenvalue weighted by Gasteiger charge is 2.16. The van der Waals surface area contributed by atoms with Crippen molar-refractivity contribution >= 4 is 46.9 Å². The predicted octanol–water partition coefficient (Wildman–Crippen LogP) is 6.24. The maximum atomic E-state index is 13.4. The van der Waals surface area contributed by atoms with Crippen LogP contribution in [0.15, 0.2) is 108 Å². The summed E-state index contributed by atoms with van der Waals surface area (Å²) >= 11 is 1.34. The van der Waals surface area contributed by atoms with Gasteiger partial charge < -0.3 is 30.2 Å². The summed E-state index contributed by atoms with van der Waals surface area (Å²) in [7, 11) is 3.08. The minimum Gasteiger partial charge on any atom is -0.497 e. The minimum absolute atomic E-state index is 0.0501. The number of benzene rings is 4. The Morgan fingerprint density at radius 2 is 1.52 bits per heavy atom. The second-order valence-corrected chi connectivity index (χ2v) is 10.3. The van der Waals surface area contributed by atoms with Gasteiger partial charge in [0.2, 0.25) is 5.91 Å². The lowest BCUT2D eigenvalue weighted by atomic mass is 10.1. The third-order valence-corrected chi connectivity index (χ3v) is 7.22. The molecule has 0 saturated carbocycles. The highest BCUT2D eigenvalue weighted by Crippen LogP contribution is 2.29. The topological polar surface area (TPSA) is 115 Å². The smallest absolute Gasteiger partial charge is 0.272 e. The fourth-order valence-corrected chi connectivity index (χ4v) is 4.76. The molecule has 0 saturated heterocycles. The average molecular weight is 612 g/mol. The van der Waals surface area contributed by atoms with Gasteiger partial charge in [-0.25, -0.2) is 0 Å². The second kappa shape index (κ2) is 15.9. The second-order valence-electron chi connectivity index (χ2n) is 9.23. The van der Waals surface area contributed by atoms with Gasteiger partial charge in [-0.05, 0) is 67.6 Å². The lowest BCUT2D eigenvalue weighted by Gasteiger charge is -2.13. The van der Waals surface area contributed by atoms with Gasteiger partial charge in [-0.1, -0.05) is 36.4 Å². The van der Waals surface area contributed by atoms with Crippen LogP contribution in [0.4, 0.5) is 11.4 Å². The van der Waals surface area contributed by atoms with Crippen LogP contribution < -0.4 is 30.2 Å². The lowest BCUT2D eigenvalue weighted by molar-refractivity contribution is -0.114. The van der Waals surface area contributed by atoms with E-state index in [0.29, 0.717) is 46.4 Å². The zero-order chi connectivity index (χ0) is 31.3. The molecule has 4 rings (SSSR count). The van der Waals surface area contributed by atoms with E-state index in [2.05, 4.69) is 16.0 Å². The molecular weight excluding hydrogens is 578 g/mol. The Bertz CT molecular complexity index is 1620. The third-order valence-electron chi connectivity index (χ3n) is 6.21. The number of carbonyl (C=O) groups excluding carboxylic acids is 3. The van der Waals surface area contributed by atoms with Crippen LogP contribution in [0.25, 0.3) is 6.08 Å². The number of thioether (sulfide) groups is 1. The molecule has 0 aliphatic rings. The van der Waals surface area contributed by atoms with Gasteiger partial charge in [0.1, 0.15) is 22.9 Å². The molecule has 226 valence electrons. The van der Waals surface area contributed by atoms with Crippen molar-refractivity contribution in [3.05, 3.63) is 114 Å². The molecule has 10 heteroatoms. The minimum atomic E-state index is -0.507. The van der Waals surface area contributed by atoms with Gasteiger partial charge in [-0.15, -0.1) is 11.8 Å². The van der Waals surface area contributed by atoms with Gasteiger partial charge in [-0.3, -0.25) is 14.4 Å². The molecule has 0 spiro atoms. The van der Waals surface area contributed by atoms with Crippen molar-refractivity contribution in [2.24, 2.45) is 0 Å². The molecule has 0 bridgehead atoms. The molecule has 3 amide bonds. The van der Waals surface area contributed by atoms with Crippen LogP contribution in [-0.4, -0.2) is 44.3 Å². The summed E-state index contributed by atoms with van der Waals surface area (Å²) in [4.78, 5) is 39.8. The Kier molecular flexibility index (Phi) is 11.4. The van der Waals surface area contributed by atoms with Crippen LogP contribution >= 0.6 is 11.8 Å². The summed E-state index contributed by atoms with van der Waals surface area (Å²) < 4.78 is 16.3.